The van der Waals surface area contributed by atoms with Gasteiger partial charge in [0, 0.05) is 48.2 Å². The van der Waals surface area contributed by atoms with E-state index < -0.39 is 0 Å². The summed E-state index contributed by atoms with van der Waals surface area (Å²) in [7, 11) is 3.44. The van der Waals surface area contributed by atoms with Gasteiger partial charge in [0.2, 0.25) is 0 Å². The van der Waals surface area contributed by atoms with E-state index in [-0.39, 0.29) is 5.91 Å². The number of fused-ring (bicyclic) bond motifs is 1. The van der Waals surface area contributed by atoms with Crippen molar-refractivity contribution in [1.29, 1.82) is 0 Å². The molecule has 168 valence electrons. The van der Waals surface area contributed by atoms with Crippen LogP contribution in [0.5, 0.6) is 5.75 Å². The molecule has 8 heteroatoms. The number of methoxy groups -OCH3 is 1. The number of aryl methyl sites for hydroxylation is 2. The van der Waals surface area contributed by atoms with E-state index >= 15 is 0 Å². The predicted octanol–water partition coefficient (Wildman–Crippen LogP) is 4.66. The van der Waals surface area contributed by atoms with E-state index in [4.69, 9.17) is 4.74 Å². The number of carbonyl (C=O) groups excluding carboxylic acids is 1. The van der Waals surface area contributed by atoms with Gasteiger partial charge in [0.25, 0.3) is 5.91 Å². The fraction of sp³-hybridized carbons (Fsp3) is 0.115. The Kier molecular flexibility index (Phi) is 5.47. The van der Waals surface area contributed by atoms with E-state index in [9.17, 15) is 4.79 Å². The van der Waals surface area contributed by atoms with Gasteiger partial charge in [-0.25, -0.2) is 9.97 Å². The number of pyridine rings is 1. The molecule has 0 saturated carbocycles. The van der Waals surface area contributed by atoms with Crippen molar-refractivity contribution in [2.75, 3.05) is 12.4 Å². The highest BCUT2D eigenvalue weighted by atomic mass is 16.5. The number of amides is 1. The molecule has 2 aromatic carbocycles. The molecule has 5 rings (SSSR count). The summed E-state index contributed by atoms with van der Waals surface area (Å²) in [5.74, 6) is 0.221. The third-order valence-electron chi connectivity index (χ3n) is 5.47. The quantitative estimate of drug-likeness (QED) is 0.418. The van der Waals surface area contributed by atoms with Crippen LogP contribution in [0.1, 0.15) is 15.9 Å². The zero-order valence-corrected chi connectivity index (χ0v) is 19.0. The number of hydrogen-bond acceptors (Lipinski definition) is 6. The monoisotopic (exact) mass is 450 g/mol. The molecule has 3 aromatic heterocycles. The van der Waals surface area contributed by atoms with Gasteiger partial charge in [-0.1, -0.05) is 30.3 Å². The minimum absolute atomic E-state index is 0.279. The number of aromatic nitrogens is 5. The minimum Gasteiger partial charge on any atom is -0.494 e. The molecule has 0 aliphatic heterocycles. The molecule has 1 N–H and O–H groups in total. The third-order valence-corrected chi connectivity index (χ3v) is 5.47. The van der Waals surface area contributed by atoms with Crippen LogP contribution in [-0.2, 0) is 7.05 Å². The number of ether oxygens (including phenoxy) is 1. The van der Waals surface area contributed by atoms with E-state index in [1.165, 1.54) is 12.5 Å². The number of nitrogens with zero attached hydrogens (tertiary/aromatic N) is 5. The third kappa shape index (κ3) is 3.97. The van der Waals surface area contributed by atoms with Gasteiger partial charge in [0.15, 0.2) is 0 Å². The Morgan fingerprint density at radius 1 is 1.03 bits per heavy atom. The van der Waals surface area contributed by atoms with Crippen molar-refractivity contribution in [2.24, 2.45) is 7.05 Å². The molecule has 5 aromatic rings. The average Bonchev–Trinajstić information content (AvgIpc) is 3.25. The summed E-state index contributed by atoms with van der Waals surface area (Å²) in [6.45, 7) is 1.89. The first-order valence-corrected chi connectivity index (χ1v) is 10.7. The Morgan fingerprint density at radius 3 is 2.62 bits per heavy atom. The molecule has 1 amide bonds. The maximum Gasteiger partial charge on any atom is 0.257 e. The maximum absolute atomic E-state index is 12.9. The van der Waals surface area contributed by atoms with Crippen LogP contribution in [0.25, 0.3) is 33.4 Å². The standard InChI is InChI=1S/C26H22N6O2/c1-16-9-18(13-27-12-16)26(33)30-22-10-19-21(11-23(22)34-3)28-15-29-25(19)20-14-32(2)31-24(20)17-7-5-4-6-8-17/h4-15H,1-3H3,(H,30,33). The normalized spacial score (nSPS) is 10.9. The molecule has 0 atom stereocenters. The van der Waals surface area contributed by atoms with Gasteiger partial charge in [-0.15, -0.1) is 0 Å². The second kappa shape index (κ2) is 8.74. The van der Waals surface area contributed by atoms with Crippen molar-refractivity contribution in [3.63, 3.8) is 0 Å². The molecule has 0 bridgehead atoms. The van der Waals surface area contributed by atoms with Crippen molar-refractivity contribution < 1.29 is 9.53 Å². The molecule has 0 fully saturated rings. The smallest absolute Gasteiger partial charge is 0.257 e. The first-order chi connectivity index (χ1) is 16.5. The van der Waals surface area contributed by atoms with Crippen molar-refractivity contribution in [3.05, 3.63) is 84.6 Å². The van der Waals surface area contributed by atoms with E-state index in [1.807, 2.05) is 56.6 Å². The Hall–Kier alpha value is -4.59. The van der Waals surface area contributed by atoms with Gasteiger partial charge in [-0.2, -0.15) is 5.10 Å². The van der Waals surface area contributed by atoms with E-state index in [0.717, 1.165) is 27.8 Å². The van der Waals surface area contributed by atoms with Crippen LogP contribution >= 0.6 is 0 Å². The molecule has 0 spiro atoms. The number of benzene rings is 2. The Morgan fingerprint density at radius 2 is 1.85 bits per heavy atom. The second-order valence-electron chi connectivity index (χ2n) is 7.93. The second-order valence-corrected chi connectivity index (χ2v) is 7.93. The summed E-state index contributed by atoms with van der Waals surface area (Å²) in [6, 6.07) is 15.4. The summed E-state index contributed by atoms with van der Waals surface area (Å²) < 4.78 is 7.32. The van der Waals surface area contributed by atoms with Gasteiger partial charge in [-0.05, 0) is 24.6 Å². The van der Waals surface area contributed by atoms with Gasteiger partial charge < -0.3 is 10.1 Å². The number of anilines is 1. The fourth-order valence-corrected chi connectivity index (χ4v) is 3.91. The lowest BCUT2D eigenvalue weighted by molar-refractivity contribution is 0.102. The van der Waals surface area contributed by atoms with Crippen LogP contribution in [0.2, 0.25) is 0 Å². The lowest BCUT2D eigenvalue weighted by Gasteiger charge is -2.13. The first kappa shape index (κ1) is 21.3. The van der Waals surface area contributed by atoms with Gasteiger partial charge in [0.1, 0.15) is 17.8 Å². The van der Waals surface area contributed by atoms with Crippen molar-refractivity contribution in [2.45, 2.75) is 6.92 Å². The average molecular weight is 451 g/mol. The highest BCUT2D eigenvalue weighted by Gasteiger charge is 2.19. The zero-order valence-electron chi connectivity index (χ0n) is 19.0. The van der Waals surface area contributed by atoms with Crippen LogP contribution < -0.4 is 10.1 Å². The fourth-order valence-electron chi connectivity index (χ4n) is 3.91. The number of hydrogen-bond donors (Lipinski definition) is 1. The molecule has 0 unspecified atom stereocenters. The molecule has 0 aliphatic carbocycles. The minimum atomic E-state index is -0.279. The van der Waals surface area contributed by atoms with Gasteiger partial charge in [0.05, 0.1) is 29.6 Å². The van der Waals surface area contributed by atoms with Crippen LogP contribution in [0.4, 0.5) is 5.69 Å². The van der Waals surface area contributed by atoms with Crippen molar-refractivity contribution >= 4 is 22.5 Å². The van der Waals surface area contributed by atoms with E-state index in [1.54, 1.807) is 30.1 Å². The molecule has 0 radical (unpaired) electrons. The molecular weight excluding hydrogens is 428 g/mol. The molecule has 0 aliphatic rings. The van der Waals surface area contributed by atoms with Crippen LogP contribution in [0.3, 0.4) is 0 Å². The summed E-state index contributed by atoms with van der Waals surface area (Å²) in [5.41, 5.74) is 5.96. The largest absolute Gasteiger partial charge is 0.494 e. The van der Waals surface area contributed by atoms with Crippen molar-refractivity contribution in [1.82, 2.24) is 24.7 Å². The molecular formula is C26H22N6O2. The van der Waals surface area contributed by atoms with Crippen LogP contribution in [0, 0.1) is 6.92 Å². The van der Waals surface area contributed by atoms with Gasteiger partial charge >= 0.3 is 0 Å². The summed E-state index contributed by atoms with van der Waals surface area (Å²) >= 11 is 0. The maximum atomic E-state index is 12.9. The summed E-state index contributed by atoms with van der Waals surface area (Å²) in [4.78, 5) is 26.1. The summed E-state index contributed by atoms with van der Waals surface area (Å²) in [6.07, 6.45) is 6.70. The number of carbonyl (C=O) groups is 1. The molecule has 0 saturated heterocycles. The molecule has 3 heterocycles. The highest BCUT2D eigenvalue weighted by molar-refractivity contribution is 6.07. The Labute approximate surface area is 196 Å². The van der Waals surface area contributed by atoms with Gasteiger partial charge in [-0.3, -0.25) is 14.5 Å². The van der Waals surface area contributed by atoms with E-state index in [0.29, 0.717) is 28.2 Å². The summed E-state index contributed by atoms with van der Waals surface area (Å²) in [5, 5.41) is 8.39. The number of rotatable bonds is 5. The Balaban J connectivity index is 1.64. The highest BCUT2D eigenvalue weighted by Crippen LogP contribution is 2.37. The van der Waals surface area contributed by atoms with Crippen LogP contribution in [-0.4, -0.2) is 37.7 Å². The van der Waals surface area contributed by atoms with Crippen molar-refractivity contribution in [3.8, 4) is 28.3 Å². The lowest BCUT2D eigenvalue weighted by atomic mass is 10.0. The SMILES string of the molecule is COc1cc2ncnc(-c3cn(C)nc3-c3ccccc3)c2cc1NC(=O)c1cncc(C)c1. The number of nitrogens with one attached hydrogen (secondary N) is 1. The molecule has 34 heavy (non-hydrogen) atoms. The zero-order chi connectivity index (χ0) is 23.7. The topological polar surface area (TPSA) is 94.8 Å². The predicted molar refractivity (Wildman–Crippen MR) is 131 cm³/mol. The first-order valence-electron chi connectivity index (χ1n) is 10.7. The Bertz CT molecular complexity index is 1510. The lowest BCUT2D eigenvalue weighted by Crippen LogP contribution is -2.13. The van der Waals surface area contributed by atoms with Crippen LogP contribution in [0.15, 0.2) is 73.4 Å². The molecule has 8 nitrogen and oxygen atoms in total. The van der Waals surface area contributed by atoms with E-state index in [2.05, 4.69) is 25.4 Å².